The van der Waals surface area contributed by atoms with Crippen molar-refractivity contribution in [3.8, 4) is 0 Å². The van der Waals surface area contributed by atoms with E-state index >= 15 is 0 Å². The Kier molecular flexibility index (Phi) is 13.9. The minimum absolute atomic E-state index is 0.124. The summed E-state index contributed by atoms with van der Waals surface area (Å²) >= 11 is 0. The number of Topliss-reactive ketones (excluding diaryl/α,β-unsaturated/α-hetero) is 1. The Morgan fingerprint density at radius 2 is 1.69 bits per heavy atom. The van der Waals surface area contributed by atoms with Crippen molar-refractivity contribution in [3.05, 3.63) is 0 Å². The van der Waals surface area contributed by atoms with E-state index in [1.165, 1.54) is 11.4 Å². The van der Waals surface area contributed by atoms with Gasteiger partial charge in [0.1, 0.15) is 5.78 Å². The van der Waals surface area contributed by atoms with E-state index in [1.807, 2.05) is 20.8 Å². The second-order valence-corrected chi connectivity index (χ2v) is 11.5. The summed E-state index contributed by atoms with van der Waals surface area (Å²) in [5, 5.41) is 4.15. The molecule has 1 heterocycles. The van der Waals surface area contributed by atoms with Crippen molar-refractivity contribution in [2.45, 2.75) is 116 Å². The van der Waals surface area contributed by atoms with Gasteiger partial charge >= 0.3 is 7.60 Å². The van der Waals surface area contributed by atoms with Crippen LogP contribution in [0.5, 0.6) is 0 Å². The lowest BCUT2D eigenvalue weighted by Gasteiger charge is -2.30. The van der Waals surface area contributed by atoms with E-state index in [2.05, 4.69) is 5.32 Å². The first kappa shape index (κ1) is 29.2. The summed E-state index contributed by atoms with van der Waals surface area (Å²) in [5.74, 6) is 3.55. The van der Waals surface area contributed by atoms with Crippen LogP contribution in [-0.4, -0.2) is 44.9 Å². The fourth-order valence-electron chi connectivity index (χ4n) is 4.35. The van der Waals surface area contributed by atoms with Gasteiger partial charge in [0, 0.05) is 6.54 Å². The Labute approximate surface area is 194 Å². The molecule has 0 aromatic rings. The van der Waals surface area contributed by atoms with Crippen LogP contribution < -0.4 is 11.2 Å². The van der Waals surface area contributed by atoms with Crippen LogP contribution in [0.1, 0.15) is 104 Å². The molecule has 3 atom stereocenters. The Morgan fingerprint density at radius 3 is 2.22 bits per heavy atom. The molecule has 1 aliphatic rings. The third-order valence-corrected chi connectivity index (χ3v) is 7.47. The highest BCUT2D eigenvalue weighted by Crippen LogP contribution is 2.42. The highest BCUT2D eigenvalue weighted by Gasteiger charge is 2.38. The maximum Gasteiger partial charge on any atom is 0.342 e. The highest BCUT2D eigenvalue weighted by atomic mass is 31.2. The molecule has 3 unspecified atom stereocenters. The Hall–Kier alpha value is -0.790. The molecule has 1 aliphatic heterocycles. The van der Waals surface area contributed by atoms with E-state index in [4.69, 9.17) is 5.84 Å². The fourth-order valence-corrected chi connectivity index (χ4v) is 5.24. The molecular formula is C23H46N3O5P. The minimum atomic E-state index is -4.44. The average Bonchev–Trinajstić information content (AvgIpc) is 2.72. The molecule has 8 nitrogen and oxygen atoms in total. The van der Waals surface area contributed by atoms with Gasteiger partial charge in [-0.2, -0.15) is 0 Å². The highest BCUT2D eigenvalue weighted by molar-refractivity contribution is 7.52. The van der Waals surface area contributed by atoms with E-state index in [0.29, 0.717) is 25.8 Å². The number of nitrogens with two attached hydrogens (primary N) is 1. The molecule has 0 radical (unpaired) electrons. The average molecular weight is 476 g/mol. The summed E-state index contributed by atoms with van der Waals surface area (Å²) in [6.07, 6.45) is 10.7. The van der Waals surface area contributed by atoms with Gasteiger partial charge in [0.25, 0.3) is 0 Å². The number of hydrogen-bond acceptors (Lipinski definition) is 5. The molecule has 0 saturated carbocycles. The van der Waals surface area contributed by atoms with E-state index < -0.39 is 25.3 Å². The second-order valence-electron chi connectivity index (χ2n) is 9.70. The summed E-state index contributed by atoms with van der Waals surface area (Å²) in [6.45, 7) is 6.30. The van der Waals surface area contributed by atoms with Crippen LogP contribution in [0.25, 0.3) is 0 Å². The summed E-state index contributed by atoms with van der Waals surface area (Å²) in [5.41, 5.74) is 0. The van der Waals surface area contributed by atoms with Gasteiger partial charge in [-0.25, -0.2) is 5.84 Å². The maximum atomic E-state index is 13.6. The summed E-state index contributed by atoms with van der Waals surface area (Å²) in [4.78, 5) is 46.4. The first-order chi connectivity index (χ1) is 15.1. The van der Waals surface area contributed by atoms with Gasteiger partial charge in [0.15, 0.2) is 5.78 Å². The number of nitrogens with one attached hydrogen (secondary N) is 1. The lowest BCUT2D eigenvalue weighted by molar-refractivity contribution is -0.143. The quantitative estimate of drug-likeness (QED) is 0.162. The number of hydrazine groups is 1. The Bertz CT molecular complexity index is 610. The summed E-state index contributed by atoms with van der Waals surface area (Å²) in [7, 11) is -4.44. The van der Waals surface area contributed by atoms with Crippen LogP contribution in [0.3, 0.4) is 0 Å². The largest absolute Gasteiger partial charge is 0.342 e. The topological polar surface area (TPSA) is 133 Å². The van der Waals surface area contributed by atoms with E-state index in [-0.39, 0.29) is 24.0 Å². The van der Waals surface area contributed by atoms with Gasteiger partial charge in [0.2, 0.25) is 5.91 Å². The normalized spacial score (nSPS) is 22.0. The standard InChI is InChI=1S/C23H46N3O5P/c1-4-5-15-21(32(29,30)31)25-20(17-18(2)3)22(27)19-14-12-10-8-6-7-9-11-13-16-26(24)23(19)28/h18-21,25H,4-17,24H2,1-3H3,(H2,29,30,31). The molecule has 0 aromatic heterocycles. The van der Waals surface area contributed by atoms with Crippen LogP contribution >= 0.6 is 7.60 Å². The number of carbonyl (C=O) groups is 2. The fraction of sp³-hybridized carbons (Fsp3) is 0.913. The van der Waals surface area contributed by atoms with Gasteiger partial charge in [0.05, 0.1) is 12.0 Å². The molecule has 0 spiro atoms. The van der Waals surface area contributed by atoms with Crippen LogP contribution in [0.4, 0.5) is 0 Å². The molecule has 1 rings (SSSR count). The van der Waals surface area contributed by atoms with Crippen LogP contribution in [-0.2, 0) is 14.2 Å². The number of hydrogen-bond donors (Lipinski definition) is 4. The molecule has 1 amide bonds. The van der Waals surface area contributed by atoms with E-state index in [0.717, 1.165) is 51.4 Å². The minimum Gasteiger partial charge on any atom is -0.323 e. The first-order valence-corrected chi connectivity index (χ1v) is 14.2. The van der Waals surface area contributed by atoms with Crippen LogP contribution in [0.2, 0.25) is 0 Å². The molecule has 188 valence electrons. The van der Waals surface area contributed by atoms with Crippen LogP contribution in [0, 0.1) is 11.8 Å². The predicted molar refractivity (Wildman–Crippen MR) is 128 cm³/mol. The molecule has 1 saturated heterocycles. The predicted octanol–water partition coefficient (Wildman–Crippen LogP) is 4.10. The Morgan fingerprint density at radius 1 is 1.12 bits per heavy atom. The first-order valence-electron chi connectivity index (χ1n) is 12.5. The number of carbonyl (C=O) groups excluding carboxylic acids is 2. The monoisotopic (exact) mass is 475 g/mol. The molecule has 0 aromatic carbocycles. The SMILES string of the molecule is CCCCC(NC(CC(C)C)C(=O)C1CCCCCCCCCCN(N)C1=O)P(=O)(O)O. The van der Waals surface area contributed by atoms with Gasteiger partial charge in [-0.05, 0) is 31.6 Å². The smallest absolute Gasteiger partial charge is 0.323 e. The molecule has 0 bridgehead atoms. The summed E-state index contributed by atoms with van der Waals surface area (Å²) in [6, 6.07) is -0.789. The van der Waals surface area contributed by atoms with E-state index in [1.54, 1.807) is 0 Å². The van der Waals surface area contributed by atoms with Crippen molar-refractivity contribution >= 4 is 19.3 Å². The van der Waals surface area contributed by atoms with E-state index in [9.17, 15) is 23.9 Å². The van der Waals surface area contributed by atoms with Gasteiger partial charge < -0.3 is 9.79 Å². The number of ketones is 1. The van der Waals surface area contributed by atoms with Crippen molar-refractivity contribution in [2.24, 2.45) is 17.7 Å². The number of amides is 1. The molecule has 32 heavy (non-hydrogen) atoms. The number of unbranched alkanes of at least 4 members (excludes halogenated alkanes) is 1. The van der Waals surface area contributed by atoms with Crippen molar-refractivity contribution in [1.29, 1.82) is 0 Å². The number of nitrogens with zero attached hydrogens (tertiary/aromatic N) is 1. The lowest BCUT2D eigenvalue weighted by atomic mass is 9.87. The molecule has 5 N–H and O–H groups in total. The van der Waals surface area contributed by atoms with Gasteiger partial charge in [-0.1, -0.05) is 78.6 Å². The van der Waals surface area contributed by atoms with Crippen molar-refractivity contribution in [1.82, 2.24) is 10.3 Å². The summed E-state index contributed by atoms with van der Waals surface area (Å²) < 4.78 is 12.1. The van der Waals surface area contributed by atoms with Crippen LogP contribution in [0.15, 0.2) is 0 Å². The third-order valence-electron chi connectivity index (χ3n) is 6.25. The number of rotatable bonds is 10. The molecule has 1 fully saturated rings. The maximum absolute atomic E-state index is 13.6. The Balaban J connectivity index is 3.09. The van der Waals surface area contributed by atoms with Crippen molar-refractivity contribution in [3.63, 3.8) is 0 Å². The molecule has 0 aliphatic carbocycles. The van der Waals surface area contributed by atoms with Gasteiger partial charge in [-0.3, -0.25) is 24.5 Å². The van der Waals surface area contributed by atoms with Crippen molar-refractivity contribution < 1.29 is 23.9 Å². The zero-order valence-electron chi connectivity index (χ0n) is 20.3. The zero-order chi connectivity index (χ0) is 24.1. The lowest BCUT2D eigenvalue weighted by Crippen LogP contribution is -2.51. The molecular weight excluding hydrogens is 429 g/mol. The third kappa shape index (κ3) is 10.9. The molecule has 9 heteroatoms. The second kappa shape index (κ2) is 15.2. The van der Waals surface area contributed by atoms with Gasteiger partial charge in [-0.15, -0.1) is 0 Å². The van der Waals surface area contributed by atoms with Crippen molar-refractivity contribution in [2.75, 3.05) is 6.54 Å². The zero-order valence-corrected chi connectivity index (χ0v) is 21.2.